The third-order valence-corrected chi connectivity index (χ3v) is 4.18. The molecule has 0 bridgehead atoms. The zero-order valence-corrected chi connectivity index (χ0v) is 14.3. The Labute approximate surface area is 149 Å². The second-order valence-electron chi connectivity index (χ2n) is 5.28. The van der Waals surface area contributed by atoms with Crippen LogP contribution in [0.3, 0.4) is 0 Å². The van der Waals surface area contributed by atoms with Crippen LogP contribution in [-0.4, -0.2) is 25.0 Å². The molecule has 7 heteroatoms. The van der Waals surface area contributed by atoms with E-state index in [1.807, 2.05) is 0 Å². The van der Waals surface area contributed by atoms with Crippen molar-refractivity contribution in [2.45, 2.75) is 6.92 Å². The van der Waals surface area contributed by atoms with Gasteiger partial charge in [0, 0.05) is 17.6 Å². The van der Waals surface area contributed by atoms with Crippen LogP contribution in [0.25, 0.3) is 0 Å². The SMILES string of the molecule is CC(=O)N1CCOc2ccc(NC(=O)c3ccc(Cl)cc3Cl)cc21. The lowest BCUT2D eigenvalue weighted by atomic mass is 10.1. The molecule has 1 aliphatic heterocycles. The van der Waals surface area contributed by atoms with Gasteiger partial charge in [0.15, 0.2) is 0 Å². The Morgan fingerprint density at radius 1 is 1.17 bits per heavy atom. The standard InChI is InChI=1S/C17H14Cl2N2O3/c1-10(22)21-6-7-24-16-5-3-12(9-15(16)21)20-17(23)13-4-2-11(18)8-14(13)19/h2-5,8-9H,6-7H2,1H3,(H,20,23). The van der Waals surface area contributed by atoms with Gasteiger partial charge in [-0.25, -0.2) is 0 Å². The van der Waals surface area contributed by atoms with Gasteiger partial charge in [-0.2, -0.15) is 0 Å². The largest absolute Gasteiger partial charge is 0.490 e. The lowest BCUT2D eigenvalue weighted by molar-refractivity contribution is -0.116. The molecule has 2 aromatic rings. The Morgan fingerprint density at radius 3 is 2.67 bits per heavy atom. The average molecular weight is 365 g/mol. The monoisotopic (exact) mass is 364 g/mol. The number of anilines is 2. The average Bonchev–Trinajstić information content (AvgIpc) is 2.53. The molecule has 0 aromatic heterocycles. The molecule has 24 heavy (non-hydrogen) atoms. The number of ether oxygens (including phenoxy) is 1. The van der Waals surface area contributed by atoms with Gasteiger partial charge in [-0.3, -0.25) is 9.59 Å². The number of fused-ring (bicyclic) bond motifs is 1. The van der Waals surface area contributed by atoms with E-state index in [9.17, 15) is 9.59 Å². The van der Waals surface area contributed by atoms with Crippen LogP contribution in [-0.2, 0) is 4.79 Å². The van der Waals surface area contributed by atoms with Crippen molar-refractivity contribution in [1.82, 2.24) is 0 Å². The first-order valence-corrected chi connectivity index (χ1v) is 8.02. The van der Waals surface area contributed by atoms with Gasteiger partial charge in [0.25, 0.3) is 5.91 Å². The summed E-state index contributed by atoms with van der Waals surface area (Å²) in [5.74, 6) is 0.172. The lowest BCUT2D eigenvalue weighted by Crippen LogP contribution is -2.36. The first-order chi connectivity index (χ1) is 11.5. The zero-order valence-electron chi connectivity index (χ0n) is 12.8. The Morgan fingerprint density at radius 2 is 1.96 bits per heavy atom. The number of carbonyl (C=O) groups excluding carboxylic acids is 2. The summed E-state index contributed by atoms with van der Waals surface area (Å²) in [6.07, 6.45) is 0. The van der Waals surface area contributed by atoms with Gasteiger partial charge in [-0.1, -0.05) is 23.2 Å². The Kier molecular flexibility index (Phi) is 4.64. The van der Waals surface area contributed by atoms with Crippen molar-refractivity contribution in [2.24, 2.45) is 0 Å². The van der Waals surface area contributed by atoms with Gasteiger partial charge in [0.05, 0.1) is 22.8 Å². The molecular formula is C17H14Cl2N2O3. The molecule has 1 heterocycles. The Balaban J connectivity index is 1.87. The topological polar surface area (TPSA) is 58.6 Å². The highest BCUT2D eigenvalue weighted by Gasteiger charge is 2.22. The summed E-state index contributed by atoms with van der Waals surface area (Å²) in [6.45, 7) is 2.41. The van der Waals surface area contributed by atoms with E-state index >= 15 is 0 Å². The van der Waals surface area contributed by atoms with Crippen LogP contribution in [0.15, 0.2) is 36.4 Å². The van der Waals surface area contributed by atoms with Crippen LogP contribution in [0.1, 0.15) is 17.3 Å². The predicted octanol–water partition coefficient (Wildman–Crippen LogP) is 3.99. The molecule has 5 nitrogen and oxygen atoms in total. The van der Waals surface area contributed by atoms with Gasteiger partial charge < -0.3 is 15.0 Å². The summed E-state index contributed by atoms with van der Waals surface area (Å²) in [4.78, 5) is 25.7. The van der Waals surface area contributed by atoms with Crippen molar-refractivity contribution < 1.29 is 14.3 Å². The summed E-state index contributed by atoms with van der Waals surface area (Å²) in [5.41, 5.74) is 1.49. The van der Waals surface area contributed by atoms with Gasteiger partial charge in [-0.05, 0) is 36.4 Å². The molecule has 0 unspecified atom stereocenters. The number of hydrogen-bond donors (Lipinski definition) is 1. The first-order valence-electron chi connectivity index (χ1n) is 7.27. The lowest BCUT2D eigenvalue weighted by Gasteiger charge is -2.29. The summed E-state index contributed by atoms with van der Waals surface area (Å²) >= 11 is 11.9. The van der Waals surface area contributed by atoms with Gasteiger partial charge in [0.1, 0.15) is 12.4 Å². The van der Waals surface area contributed by atoms with E-state index in [0.29, 0.717) is 40.9 Å². The van der Waals surface area contributed by atoms with E-state index in [1.165, 1.54) is 13.0 Å². The van der Waals surface area contributed by atoms with E-state index in [-0.39, 0.29) is 16.8 Å². The number of carbonyl (C=O) groups is 2. The molecular weight excluding hydrogens is 351 g/mol. The summed E-state index contributed by atoms with van der Waals surface area (Å²) in [6, 6.07) is 9.81. The van der Waals surface area contributed by atoms with Crippen LogP contribution in [0.2, 0.25) is 10.0 Å². The van der Waals surface area contributed by atoms with Gasteiger partial charge >= 0.3 is 0 Å². The normalized spacial score (nSPS) is 13.0. The molecule has 0 aliphatic carbocycles. The molecule has 2 amide bonds. The fourth-order valence-corrected chi connectivity index (χ4v) is 2.99. The van der Waals surface area contributed by atoms with Crippen molar-refractivity contribution in [3.8, 4) is 5.75 Å². The minimum absolute atomic E-state index is 0.0798. The molecule has 0 saturated carbocycles. The molecule has 2 aromatic carbocycles. The van der Waals surface area contributed by atoms with E-state index in [0.717, 1.165) is 0 Å². The fraction of sp³-hybridized carbons (Fsp3) is 0.176. The molecule has 124 valence electrons. The van der Waals surface area contributed by atoms with E-state index in [2.05, 4.69) is 5.32 Å². The van der Waals surface area contributed by atoms with Crippen molar-refractivity contribution >= 4 is 46.4 Å². The minimum Gasteiger partial charge on any atom is -0.490 e. The van der Waals surface area contributed by atoms with Crippen LogP contribution in [0.4, 0.5) is 11.4 Å². The molecule has 1 N–H and O–H groups in total. The number of hydrogen-bond acceptors (Lipinski definition) is 3. The van der Waals surface area contributed by atoms with Crippen LogP contribution < -0.4 is 15.0 Å². The summed E-state index contributed by atoms with van der Waals surface area (Å²) < 4.78 is 5.54. The highest BCUT2D eigenvalue weighted by atomic mass is 35.5. The number of nitrogens with zero attached hydrogens (tertiary/aromatic N) is 1. The molecule has 0 radical (unpaired) electrons. The first kappa shape index (κ1) is 16.6. The molecule has 0 atom stereocenters. The second kappa shape index (κ2) is 6.71. The Bertz CT molecular complexity index is 823. The fourth-order valence-electron chi connectivity index (χ4n) is 2.49. The van der Waals surface area contributed by atoms with Gasteiger partial charge in [-0.15, -0.1) is 0 Å². The van der Waals surface area contributed by atoms with E-state index in [1.54, 1.807) is 35.2 Å². The number of nitrogens with one attached hydrogen (secondary N) is 1. The maximum atomic E-state index is 12.4. The highest BCUT2D eigenvalue weighted by Crippen LogP contribution is 2.34. The van der Waals surface area contributed by atoms with E-state index < -0.39 is 0 Å². The van der Waals surface area contributed by atoms with Crippen LogP contribution in [0, 0.1) is 0 Å². The van der Waals surface area contributed by atoms with Crippen LogP contribution in [0.5, 0.6) is 5.75 Å². The second-order valence-corrected chi connectivity index (χ2v) is 6.12. The highest BCUT2D eigenvalue weighted by molar-refractivity contribution is 6.37. The molecule has 0 spiro atoms. The zero-order chi connectivity index (χ0) is 17.3. The smallest absolute Gasteiger partial charge is 0.257 e. The third kappa shape index (κ3) is 3.32. The number of benzene rings is 2. The number of amides is 2. The van der Waals surface area contributed by atoms with Crippen molar-refractivity contribution in [3.05, 3.63) is 52.0 Å². The predicted molar refractivity (Wildman–Crippen MR) is 94.4 cm³/mol. The maximum Gasteiger partial charge on any atom is 0.257 e. The van der Waals surface area contributed by atoms with Gasteiger partial charge in [0.2, 0.25) is 5.91 Å². The van der Waals surface area contributed by atoms with Crippen LogP contribution >= 0.6 is 23.2 Å². The third-order valence-electron chi connectivity index (χ3n) is 3.64. The maximum absolute atomic E-state index is 12.4. The number of rotatable bonds is 2. The van der Waals surface area contributed by atoms with Crippen molar-refractivity contribution in [3.63, 3.8) is 0 Å². The van der Waals surface area contributed by atoms with Crippen molar-refractivity contribution in [2.75, 3.05) is 23.4 Å². The summed E-state index contributed by atoms with van der Waals surface area (Å²) in [5, 5.41) is 3.50. The quantitative estimate of drug-likeness (QED) is 0.876. The molecule has 1 aliphatic rings. The summed E-state index contributed by atoms with van der Waals surface area (Å²) in [7, 11) is 0. The Hall–Kier alpha value is -2.24. The van der Waals surface area contributed by atoms with E-state index in [4.69, 9.17) is 27.9 Å². The van der Waals surface area contributed by atoms with Crippen molar-refractivity contribution in [1.29, 1.82) is 0 Å². The molecule has 3 rings (SSSR count). The molecule has 0 fully saturated rings. The minimum atomic E-state index is -0.359. The number of halogens is 2. The molecule has 0 saturated heterocycles.